The number of nitrogens with one attached hydrogen (secondary N) is 1. The number of hydrogen-bond donors (Lipinski definition) is 3. The first-order chi connectivity index (χ1) is 4.22. The molecular weight excluding hydrogens is 122 g/mol. The first-order valence-electron chi connectivity index (χ1n) is 2.96. The lowest BCUT2D eigenvalue weighted by atomic mass is 10.1. The van der Waals surface area contributed by atoms with Gasteiger partial charge in [-0.2, -0.15) is 5.48 Å². The van der Waals surface area contributed by atoms with Crippen LogP contribution < -0.4 is 5.48 Å². The van der Waals surface area contributed by atoms with E-state index in [1.165, 1.54) is 0 Å². The standard InChI is InChI=1S/C5H11NO3/c1-3(7)5-4(8)2-6-9-5/h3-8H,2H2,1H3/t3-,4?,5?/m1/s1. The van der Waals surface area contributed by atoms with Gasteiger partial charge in [0, 0.05) is 6.54 Å². The van der Waals surface area contributed by atoms with E-state index in [1.54, 1.807) is 6.92 Å². The zero-order valence-corrected chi connectivity index (χ0v) is 5.24. The Hall–Kier alpha value is -0.160. The summed E-state index contributed by atoms with van der Waals surface area (Å²) in [4.78, 5) is 4.78. The van der Waals surface area contributed by atoms with Crippen LogP contribution in [0.1, 0.15) is 6.92 Å². The molecule has 1 aliphatic heterocycles. The summed E-state index contributed by atoms with van der Waals surface area (Å²) in [5.74, 6) is 0. The summed E-state index contributed by atoms with van der Waals surface area (Å²) in [5, 5.41) is 17.9. The van der Waals surface area contributed by atoms with Crippen LogP contribution >= 0.6 is 0 Å². The number of rotatable bonds is 1. The van der Waals surface area contributed by atoms with Crippen molar-refractivity contribution in [3.8, 4) is 0 Å². The van der Waals surface area contributed by atoms with Gasteiger partial charge in [-0.1, -0.05) is 0 Å². The van der Waals surface area contributed by atoms with Gasteiger partial charge >= 0.3 is 0 Å². The summed E-state index contributed by atoms with van der Waals surface area (Å²) >= 11 is 0. The van der Waals surface area contributed by atoms with Crippen LogP contribution in [0.4, 0.5) is 0 Å². The first kappa shape index (κ1) is 6.95. The second-order valence-electron chi connectivity index (χ2n) is 2.24. The smallest absolute Gasteiger partial charge is 0.132 e. The van der Waals surface area contributed by atoms with Crippen molar-refractivity contribution in [1.82, 2.24) is 5.48 Å². The monoisotopic (exact) mass is 133 g/mol. The van der Waals surface area contributed by atoms with E-state index >= 15 is 0 Å². The molecule has 4 nitrogen and oxygen atoms in total. The quantitative estimate of drug-likeness (QED) is 0.413. The molecule has 9 heavy (non-hydrogen) atoms. The third-order valence-electron chi connectivity index (χ3n) is 1.37. The fourth-order valence-electron chi connectivity index (χ4n) is 0.844. The highest BCUT2D eigenvalue weighted by molar-refractivity contribution is 4.78. The van der Waals surface area contributed by atoms with E-state index in [0.717, 1.165) is 0 Å². The predicted molar refractivity (Wildman–Crippen MR) is 30.6 cm³/mol. The fraction of sp³-hybridized carbons (Fsp3) is 1.00. The van der Waals surface area contributed by atoms with E-state index in [4.69, 9.17) is 15.1 Å². The van der Waals surface area contributed by atoms with Crippen molar-refractivity contribution in [2.75, 3.05) is 6.54 Å². The minimum Gasteiger partial charge on any atom is -0.391 e. The topological polar surface area (TPSA) is 61.7 Å². The molecule has 0 bridgehead atoms. The maximum absolute atomic E-state index is 9.01. The van der Waals surface area contributed by atoms with Gasteiger partial charge in [0.25, 0.3) is 0 Å². The molecule has 0 saturated carbocycles. The van der Waals surface area contributed by atoms with Crippen molar-refractivity contribution >= 4 is 0 Å². The molecule has 0 radical (unpaired) electrons. The van der Waals surface area contributed by atoms with E-state index in [2.05, 4.69) is 5.48 Å². The van der Waals surface area contributed by atoms with Gasteiger partial charge < -0.3 is 10.2 Å². The Morgan fingerprint density at radius 1 is 1.78 bits per heavy atom. The minimum atomic E-state index is -0.616. The third-order valence-corrected chi connectivity index (χ3v) is 1.37. The van der Waals surface area contributed by atoms with Gasteiger partial charge in [0.1, 0.15) is 6.10 Å². The second kappa shape index (κ2) is 2.62. The van der Waals surface area contributed by atoms with Crippen molar-refractivity contribution in [2.45, 2.75) is 25.2 Å². The van der Waals surface area contributed by atoms with Crippen molar-refractivity contribution in [2.24, 2.45) is 0 Å². The van der Waals surface area contributed by atoms with Crippen LogP contribution in [0.3, 0.4) is 0 Å². The molecule has 0 aromatic carbocycles. The second-order valence-corrected chi connectivity index (χ2v) is 2.24. The van der Waals surface area contributed by atoms with Gasteiger partial charge in [0.05, 0.1) is 12.2 Å². The number of hydroxylamine groups is 1. The fourth-order valence-corrected chi connectivity index (χ4v) is 0.844. The van der Waals surface area contributed by atoms with Gasteiger partial charge in [-0.25, -0.2) is 0 Å². The Morgan fingerprint density at radius 3 is 2.67 bits per heavy atom. The predicted octanol–water partition coefficient (Wildman–Crippen LogP) is -1.37. The lowest BCUT2D eigenvalue weighted by molar-refractivity contribution is -0.0652. The van der Waals surface area contributed by atoms with Crippen LogP contribution in [0, 0.1) is 0 Å². The van der Waals surface area contributed by atoms with Gasteiger partial charge in [0.2, 0.25) is 0 Å². The van der Waals surface area contributed by atoms with E-state index in [1.807, 2.05) is 0 Å². The highest BCUT2D eigenvalue weighted by Crippen LogP contribution is 2.08. The van der Waals surface area contributed by atoms with Crippen LogP contribution in [0.2, 0.25) is 0 Å². The lowest BCUT2D eigenvalue weighted by Crippen LogP contribution is -2.33. The van der Waals surface area contributed by atoms with E-state index in [0.29, 0.717) is 6.54 Å². The van der Waals surface area contributed by atoms with E-state index in [-0.39, 0.29) is 0 Å². The highest BCUT2D eigenvalue weighted by atomic mass is 16.7. The molecular formula is C5H11NO3. The van der Waals surface area contributed by atoms with E-state index < -0.39 is 18.3 Å². The summed E-state index contributed by atoms with van der Waals surface area (Å²) < 4.78 is 0. The summed E-state index contributed by atoms with van der Waals surface area (Å²) in [6.45, 7) is 1.98. The molecule has 1 aliphatic rings. The molecule has 1 heterocycles. The summed E-state index contributed by atoms with van der Waals surface area (Å²) in [6, 6.07) is 0. The van der Waals surface area contributed by atoms with E-state index in [9.17, 15) is 0 Å². The molecule has 0 amide bonds. The molecule has 0 aromatic rings. The number of β-amino-alcohol motifs (C(OH)–C–C–N with tert-alkyl or cyclic N) is 1. The normalized spacial score (nSPS) is 39.0. The van der Waals surface area contributed by atoms with Crippen LogP contribution in [-0.4, -0.2) is 35.1 Å². The van der Waals surface area contributed by atoms with Crippen LogP contribution in [-0.2, 0) is 4.84 Å². The average molecular weight is 133 g/mol. The Bertz CT molecular complexity index is 96.2. The molecule has 0 aliphatic carbocycles. The van der Waals surface area contributed by atoms with Crippen molar-refractivity contribution in [3.05, 3.63) is 0 Å². The molecule has 2 unspecified atom stereocenters. The molecule has 3 N–H and O–H groups in total. The van der Waals surface area contributed by atoms with Crippen LogP contribution in [0.15, 0.2) is 0 Å². The number of aliphatic hydroxyl groups is 2. The minimum absolute atomic E-state index is 0.398. The Morgan fingerprint density at radius 2 is 2.44 bits per heavy atom. The lowest BCUT2D eigenvalue weighted by Gasteiger charge is -2.13. The summed E-state index contributed by atoms with van der Waals surface area (Å²) in [6.07, 6.45) is -1.66. The molecule has 1 rings (SSSR count). The Kier molecular flexibility index (Phi) is 2.02. The van der Waals surface area contributed by atoms with Crippen molar-refractivity contribution in [3.63, 3.8) is 0 Å². The van der Waals surface area contributed by atoms with Gasteiger partial charge in [-0.05, 0) is 6.92 Å². The molecule has 3 atom stereocenters. The Balaban J connectivity index is 2.40. The number of hydrogen-bond acceptors (Lipinski definition) is 4. The summed E-state index contributed by atoms with van der Waals surface area (Å²) in [7, 11) is 0. The Labute approximate surface area is 53.4 Å². The molecule has 0 aromatic heterocycles. The van der Waals surface area contributed by atoms with Crippen molar-refractivity contribution in [1.29, 1.82) is 0 Å². The maximum atomic E-state index is 9.01. The maximum Gasteiger partial charge on any atom is 0.132 e. The largest absolute Gasteiger partial charge is 0.391 e. The van der Waals surface area contributed by atoms with Gasteiger partial charge in [-0.3, -0.25) is 4.84 Å². The molecule has 1 fully saturated rings. The SMILES string of the molecule is C[C@@H](O)C1ONCC1O. The van der Waals surface area contributed by atoms with Gasteiger partial charge in [0.15, 0.2) is 0 Å². The third kappa shape index (κ3) is 1.40. The molecule has 4 heteroatoms. The first-order valence-corrected chi connectivity index (χ1v) is 2.96. The van der Waals surface area contributed by atoms with Crippen molar-refractivity contribution < 1.29 is 15.1 Å². The van der Waals surface area contributed by atoms with Gasteiger partial charge in [-0.15, -0.1) is 0 Å². The molecule has 1 saturated heterocycles. The van der Waals surface area contributed by atoms with Crippen LogP contribution in [0.25, 0.3) is 0 Å². The zero-order valence-electron chi connectivity index (χ0n) is 5.24. The molecule has 0 spiro atoms. The van der Waals surface area contributed by atoms with Crippen LogP contribution in [0.5, 0.6) is 0 Å². The summed E-state index contributed by atoms with van der Waals surface area (Å²) in [5.41, 5.74) is 2.49. The zero-order chi connectivity index (χ0) is 6.85. The molecule has 54 valence electrons. The highest BCUT2D eigenvalue weighted by Gasteiger charge is 2.30. The average Bonchev–Trinajstić information content (AvgIpc) is 2.13. The number of aliphatic hydroxyl groups excluding tert-OH is 2.